The van der Waals surface area contributed by atoms with Crippen molar-refractivity contribution in [3.8, 4) is 5.75 Å². The van der Waals surface area contributed by atoms with Crippen LogP contribution in [-0.2, 0) is 13.0 Å². The molecule has 0 spiro atoms. The quantitative estimate of drug-likeness (QED) is 0.821. The summed E-state index contributed by atoms with van der Waals surface area (Å²) in [5.74, 6) is 0.965. The number of rotatable bonds is 6. The molecular formula is C14H24N2O. The van der Waals surface area contributed by atoms with Gasteiger partial charge in [0.05, 0.1) is 6.61 Å². The van der Waals surface area contributed by atoms with Crippen molar-refractivity contribution in [2.45, 2.75) is 32.9 Å². The maximum atomic E-state index is 5.87. The summed E-state index contributed by atoms with van der Waals surface area (Å²) in [6.07, 6.45) is 0.858. The van der Waals surface area contributed by atoms with Gasteiger partial charge >= 0.3 is 0 Å². The van der Waals surface area contributed by atoms with Crippen molar-refractivity contribution in [1.29, 1.82) is 0 Å². The first kappa shape index (κ1) is 14.0. The van der Waals surface area contributed by atoms with Gasteiger partial charge in [-0.05, 0) is 51.6 Å². The Balaban J connectivity index is 2.92. The van der Waals surface area contributed by atoms with Crippen molar-refractivity contribution in [3.63, 3.8) is 0 Å². The number of nitrogens with zero attached hydrogens (tertiary/aromatic N) is 1. The summed E-state index contributed by atoms with van der Waals surface area (Å²) in [6.45, 7) is 5.66. The molecule has 17 heavy (non-hydrogen) atoms. The van der Waals surface area contributed by atoms with Gasteiger partial charge < -0.3 is 15.4 Å². The highest BCUT2D eigenvalue weighted by Crippen LogP contribution is 2.22. The van der Waals surface area contributed by atoms with Gasteiger partial charge in [0.15, 0.2) is 0 Å². The molecule has 0 saturated carbocycles. The van der Waals surface area contributed by atoms with Gasteiger partial charge in [0, 0.05) is 12.6 Å². The van der Waals surface area contributed by atoms with Gasteiger partial charge in [-0.2, -0.15) is 0 Å². The van der Waals surface area contributed by atoms with Crippen LogP contribution in [0.2, 0.25) is 0 Å². The Kier molecular flexibility index (Phi) is 5.45. The minimum Gasteiger partial charge on any atom is -0.494 e. The Morgan fingerprint density at radius 3 is 2.59 bits per heavy atom. The molecule has 2 N–H and O–H groups in total. The Labute approximate surface area is 105 Å². The van der Waals surface area contributed by atoms with Crippen LogP contribution in [0.4, 0.5) is 0 Å². The van der Waals surface area contributed by atoms with Gasteiger partial charge in [-0.1, -0.05) is 12.1 Å². The van der Waals surface area contributed by atoms with Gasteiger partial charge in [0.25, 0.3) is 0 Å². The lowest BCUT2D eigenvalue weighted by atomic mass is 10.0. The SMILES string of the molecule is CCOc1ccc(CN(C)C)cc1CC(C)N. The molecule has 1 aromatic carbocycles. The fourth-order valence-corrected chi connectivity index (χ4v) is 1.90. The lowest BCUT2D eigenvalue weighted by Gasteiger charge is -2.15. The van der Waals surface area contributed by atoms with Crippen LogP contribution in [0, 0.1) is 0 Å². The molecule has 1 atom stereocenters. The summed E-state index contributed by atoms with van der Waals surface area (Å²) < 4.78 is 5.63. The second kappa shape index (κ2) is 6.62. The second-order valence-electron chi connectivity index (χ2n) is 4.79. The summed E-state index contributed by atoms with van der Waals surface area (Å²) in [5, 5.41) is 0. The normalized spacial score (nSPS) is 12.8. The lowest BCUT2D eigenvalue weighted by Crippen LogP contribution is -2.19. The third-order valence-electron chi connectivity index (χ3n) is 2.47. The van der Waals surface area contributed by atoms with E-state index in [9.17, 15) is 0 Å². The van der Waals surface area contributed by atoms with Gasteiger partial charge in [0.1, 0.15) is 5.75 Å². The predicted molar refractivity (Wildman–Crippen MR) is 72.4 cm³/mol. The summed E-state index contributed by atoms with van der Waals surface area (Å²) in [5.41, 5.74) is 8.38. The van der Waals surface area contributed by atoms with Gasteiger partial charge in [-0.3, -0.25) is 0 Å². The Hall–Kier alpha value is -1.06. The van der Waals surface area contributed by atoms with E-state index in [1.807, 2.05) is 13.8 Å². The van der Waals surface area contributed by atoms with Crippen LogP contribution in [0.25, 0.3) is 0 Å². The first-order valence-corrected chi connectivity index (χ1v) is 6.17. The zero-order valence-electron chi connectivity index (χ0n) is 11.4. The maximum absolute atomic E-state index is 5.87. The van der Waals surface area contributed by atoms with Crippen molar-refractivity contribution in [2.75, 3.05) is 20.7 Å². The number of hydrogen-bond acceptors (Lipinski definition) is 3. The van der Waals surface area contributed by atoms with Gasteiger partial charge in [0.2, 0.25) is 0 Å². The van der Waals surface area contributed by atoms with Crippen molar-refractivity contribution in [1.82, 2.24) is 4.90 Å². The molecule has 1 aromatic rings. The maximum Gasteiger partial charge on any atom is 0.122 e. The van der Waals surface area contributed by atoms with E-state index in [1.54, 1.807) is 0 Å². The smallest absolute Gasteiger partial charge is 0.122 e. The van der Waals surface area contributed by atoms with E-state index in [4.69, 9.17) is 10.5 Å². The fraction of sp³-hybridized carbons (Fsp3) is 0.571. The van der Waals surface area contributed by atoms with Crippen molar-refractivity contribution < 1.29 is 4.74 Å². The molecule has 0 heterocycles. The first-order valence-electron chi connectivity index (χ1n) is 6.17. The Morgan fingerprint density at radius 1 is 1.35 bits per heavy atom. The largest absolute Gasteiger partial charge is 0.494 e. The average molecular weight is 236 g/mol. The van der Waals surface area contributed by atoms with E-state index in [0.717, 1.165) is 18.7 Å². The molecule has 0 aliphatic carbocycles. The van der Waals surface area contributed by atoms with Crippen LogP contribution in [0.1, 0.15) is 25.0 Å². The molecule has 96 valence electrons. The highest BCUT2D eigenvalue weighted by atomic mass is 16.5. The van der Waals surface area contributed by atoms with Crippen LogP contribution in [0.5, 0.6) is 5.75 Å². The standard InChI is InChI=1S/C14H24N2O/c1-5-17-14-7-6-12(10-16(3)4)9-13(14)8-11(2)15/h6-7,9,11H,5,8,10,15H2,1-4H3. The summed E-state index contributed by atoms with van der Waals surface area (Å²) in [7, 11) is 4.14. The zero-order chi connectivity index (χ0) is 12.8. The van der Waals surface area contributed by atoms with E-state index in [0.29, 0.717) is 6.61 Å². The molecule has 0 fully saturated rings. The monoisotopic (exact) mass is 236 g/mol. The molecule has 0 amide bonds. The van der Waals surface area contributed by atoms with Crippen LogP contribution < -0.4 is 10.5 Å². The average Bonchev–Trinajstić information content (AvgIpc) is 2.20. The van der Waals surface area contributed by atoms with Crippen molar-refractivity contribution >= 4 is 0 Å². The number of ether oxygens (including phenoxy) is 1. The van der Waals surface area contributed by atoms with Gasteiger partial charge in [-0.15, -0.1) is 0 Å². The van der Waals surface area contributed by atoms with E-state index in [1.165, 1.54) is 11.1 Å². The third kappa shape index (κ3) is 4.75. The lowest BCUT2D eigenvalue weighted by molar-refractivity contribution is 0.335. The van der Waals surface area contributed by atoms with Crippen LogP contribution in [0.15, 0.2) is 18.2 Å². The molecule has 0 radical (unpaired) electrons. The molecular weight excluding hydrogens is 212 g/mol. The van der Waals surface area contributed by atoms with Crippen LogP contribution in [-0.4, -0.2) is 31.6 Å². The van der Waals surface area contributed by atoms with E-state index < -0.39 is 0 Å². The molecule has 1 rings (SSSR count). The topological polar surface area (TPSA) is 38.5 Å². The Morgan fingerprint density at radius 2 is 2.06 bits per heavy atom. The predicted octanol–water partition coefficient (Wildman–Crippen LogP) is 2.04. The van der Waals surface area contributed by atoms with E-state index in [-0.39, 0.29) is 6.04 Å². The number of nitrogens with two attached hydrogens (primary N) is 1. The highest BCUT2D eigenvalue weighted by molar-refractivity contribution is 5.38. The minimum atomic E-state index is 0.156. The van der Waals surface area contributed by atoms with E-state index >= 15 is 0 Å². The molecule has 3 nitrogen and oxygen atoms in total. The summed E-state index contributed by atoms with van der Waals surface area (Å²) >= 11 is 0. The van der Waals surface area contributed by atoms with E-state index in [2.05, 4.69) is 37.2 Å². The Bertz CT molecular complexity index is 348. The molecule has 0 aromatic heterocycles. The zero-order valence-corrected chi connectivity index (χ0v) is 11.4. The number of benzene rings is 1. The molecule has 0 bridgehead atoms. The number of hydrogen-bond donors (Lipinski definition) is 1. The van der Waals surface area contributed by atoms with Gasteiger partial charge in [-0.25, -0.2) is 0 Å². The highest BCUT2D eigenvalue weighted by Gasteiger charge is 2.07. The molecule has 0 aliphatic heterocycles. The molecule has 0 aliphatic rings. The molecule has 3 heteroatoms. The second-order valence-corrected chi connectivity index (χ2v) is 4.79. The van der Waals surface area contributed by atoms with Crippen LogP contribution in [0.3, 0.4) is 0 Å². The molecule has 1 unspecified atom stereocenters. The van der Waals surface area contributed by atoms with Crippen LogP contribution >= 0.6 is 0 Å². The minimum absolute atomic E-state index is 0.156. The third-order valence-corrected chi connectivity index (χ3v) is 2.47. The first-order chi connectivity index (χ1) is 8.02. The summed E-state index contributed by atoms with van der Waals surface area (Å²) in [4.78, 5) is 2.16. The fourth-order valence-electron chi connectivity index (χ4n) is 1.90. The van der Waals surface area contributed by atoms with Crippen molar-refractivity contribution in [3.05, 3.63) is 29.3 Å². The summed E-state index contributed by atoms with van der Waals surface area (Å²) in [6, 6.07) is 6.54. The van der Waals surface area contributed by atoms with Crippen molar-refractivity contribution in [2.24, 2.45) is 5.73 Å². The molecule has 0 saturated heterocycles.